The molecule has 0 radical (unpaired) electrons. The molecule has 1 aromatic heterocycles. The molecule has 0 atom stereocenters. The smallest absolute Gasteiger partial charge is 0.126 e. The molecule has 18 heavy (non-hydrogen) atoms. The van der Waals surface area contributed by atoms with E-state index in [0.29, 0.717) is 0 Å². The first-order valence-electron chi connectivity index (χ1n) is 6.08. The van der Waals surface area contributed by atoms with Gasteiger partial charge in [-0.3, -0.25) is 4.99 Å². The Hall–Kier alpha value is -2.16. The number of aliphatic imine (C=N–C) groups is 1. The lowest BCUT2D eigenvalue weighted by molar-refractivity contribution is 1.31. The normalized spacial score (nSPS) is 14.6. The van der Waals surface area contributed by atoms with Crippen LogP contribution in [-0.4, -0.2) is 17.7 Å². The molecule has 2 aromatic rings. The summed E-state index contributed by atoms with van der Waals surface area (Å²) in [6.45, 7) is 2.06. The van der Waals surface area contributed by atoms with Gasteiger partial charge in [-0.05, 0) is 24.4 Å². The van der Waals surface area contributed by atoms with Gasteiger partial charge in [-0.2, -0.15) is 0 Å². The predicted molar refractivity (Wildman–Crippen MR) is 77.0 cm³/mol. The highest BCUT2D eigenvalue weighted by atomic mass is 14.9. The zero-order valence-corrected chi connectivity index (χ0v) is 10.6. The number of benzene rings is 1. The second-order valence-electron chi connectivity index (χ2n) is 4.52. The zero-order valence-electron chi connectivity index (χ0n) is 10.6. The van der Waals surface area contributed by atoms with Crippen molar-refractivity contribution in [2.75, 3.05) is 12.4 Å². The maximum absolute atomic E-state index is 4.55. The first-order chi connectivity index (χ1) is 8.76. The highest BCUT2D eigenvalue weighted by molar-refractivity contribution is 5.95. The number of fused-ring (bicyclic) bond motifs is 1. The van der Waals surface area contributed by atoms with Gasteiger partial charge in [0.05, 0.1) is 5.70 Å². The van der Waals surface area contributed by atoms with E-state index in [9.17, 15) is 0 Å². The number of allylic oxidation sites excluding steroid dienone is 1. The molecule has 1 aliphatic rings. The molecular weight excluding hydrogens is 222 g/mol. The summed E-state index contributed by atoms with van der Waals surface area (Å²) in [6, 6.07) is 8.44. The lowest BCUT2D eigenvalue weighted by atomic mass is 10.1. The molecule has 1 aromatic carbocycles. The summed E-state index contributed by atoms with van der Waals surface area (Å²) in [6.07, 6.45) is 5.03. The van der Waals surface area contributed by atoms with E-state index in [0.717, 1.165) is 23.3 Å². The van der Waals surface area contributed by atoms with Crippen molar-refractivity contribution in [3.05, 3.63) is 42.1 Å². The number of hydrogen-bond donors (Lipinski definition) is 1. The number of aromatic nitrogens is 1. The molecule has 0 amide bonds. The van der Waals surface area contributed by atoms with E-state index >= 15 is 0 Å². The Balaban J connectivity index is 2.10. The van der Waals surface area contributed by atoms with E-state index in [2.05, 4.69) is 52.6 Å². The van der Waals surface area contributed by atoms with Crippen LogP contribution in [-0.2, 0) is 0 Å². The van der Waals surface area contributed by atoms with E-state index in [1.807, 2.05) is 13.2 Å². The number of pyridine rings is 1. The van der Waals surface area contributed by atoms with E-state index in [-0.39, 0.29) is 0 Å². The molecule has 0 unspecified atom stereocenters. The second kappa shape index (κ2) is 4.26. The summed E-state index contributed by atoms with van der Waals surface area (Å²) in [4.78, 5) is 8.87. The largest absolute Gasteiger partial charge is 0.373 e. The fourth-order valence-electron chi connectivity index (χ4n) is 2.16. The Morgan fingerprint density at radius 3 is 2.78 bits per heavy atom. The summed E-state index contributed by atoms with van der Waals surface area (Å²) in [5, 5.41) is 5.40. The molecule has 3 rings (SSSR count). The number of hydrogen-bond acceptors (Lipinski definition) is 3. The second-order valence-corrected chi connectivity index (χ2v) is 4.52. The topological polar surface area (TPSA) is 37.3 Å². The molecule has 0 aliphatic carbocycles. The Bertz CT molecular complexity index is 668. The van der Waals surface area contributed by atoms with Crippen molar-refractivity contribution in [2.45, 2.75) is 13.3 Å². The average Bonchev–Trinajstić information content (AvgIpc) is 2.84. The molecule has 1 N–H and O–H groups in total. The van der Waals surface area contributed by atoms with Crippen LogP contribution in [0.1, 0.15) is 18.9 Å². The van der Waals surface area contributed by atoms with Crippen LogP contribution in [0, 0.1) is 0 Å². The van der Waals surface area contributed by atoms with Gasteiger partial charge in [0.1, 0.15) is 5.82 Å². The minimum Gasteiger partial charge on any atom is -0.373 e. The number of rotatable bonds is 2. The minimum atomic E-state index is 0.889. The number of nitrogens with one attached hydrogen (secondary N) is 1. The van der Waals surface area contributed by atoms with E-state index < -0.39 is 0 Å². The SMILES string of the molecule is CNc1cc2cc(C3=CCC(C)=N3)ccc2cn1. The third kappa shape index (κ3) is 1.88. The Morgan fingerprint density at radius 1 is 1.17 bits per heavy atom. The zero-order chi connectivity index (χ0) is 12.5. The van der Waals surface area contributed by atoms with Gasteiger partial charge in [0, 0.05) is 36.3 Å². The fraction of sp³-hybridized carbons (Fsp3) is 0.200. The van der Waals surface area contributed by atoms with Crippen molar-refractivity contribution in [1.29, 1.82) is 0 Å². The van der Waals surface area contributed by atoms with Gasteiger partial charge in [-0.1, -0.05) is 18.2 Å². The highest BCUT2D eigenvalue weighted by Crippen LogP contribution is 2.26. The molecule has 3 nitrogen and oxygen atoms in total. The van der Waals surface area contributed by atoms with E-state index in [1.54, 1.807) is 0 Å². The van der Waals surface area contributed by atoms with Crippen LogP contribution in [0.25, 0.3) is 16.5 Å². The summed E-state index contributed by atoms with van der Waals surface area (Å²) in [5.74, 6) is 0.889. The number of nitrogens with zero attached hydrogens (tertiary/aromatic N) is 2. The monoisotopic (exact) mass is 237 g/mol. The van der Waals surface area contributed by atoms with Crippen LogP contribution in [0.15, 0.2) is 41.5 Å². The van der Waals surface area contributed by atoms with Gasteiger partial charge in [-0.15, -0.1) is 0 Å². The molecule has 3 heteroatoms. The molecule has 0 fully saturated rings. The van der Waals surface area contributed by atoms with Crippen molar-refractivity contribution in [3.63, 3.8) is 0 Å². The molecule has 0 saturated carbocycles. The van der Waals surface area contributed by atoms with Crippen LogP contribution in [0.3, 0.4) is 0 Å². The molecule has 90 valence electrons. The summed E-state index contributed by atoms with van der Waals surface area (Å²) < 4.78 is 0. The van der Waals surface area contributed by atoms with Gasteiger partial charge in [0.2, 0.25) is 0 Å². The Kier molecular flexibility index (Phi) is 2.59. The molecular formula is C15H15N3. The molecule has 1 aliphatic heterocycles. The van der Waals surface area contributed by atoms with Crippen LogP contribution in [0.5, 0.6) is 0 Å². The molecule has 0 saturated heterocycles. The van der Waals surface area contributed by atoms with E-state index in [1.165, 1.54) is 16.7 Å². The molecule has 0 bridgehead atoms. The fourth-order valence-corrected chi connectivity index (χ4v) is 2.16. The quantitative estimate of drug-likeness (QED) is 0.868. The van der Waals surface area contributed by atoms with Crippen molar-refractivity contribution in [2.24, 2.45) is 4.99 Å². The first-order valence-corrected chi connectivity index (χ1v) is 6.08. The highest BCUT2D eigenvalue weighted by Gasteiger charge is 2.08. The number of anilines is 1. The van der Waals surface area contributed by atoms with Crippen molar-refractivity contribution < 1.29 is 0 Å². The van der Waals surface area contributed by atoms with Gasteiger partial charge in [0.25, 0.3) is 0 Å². The van der Waals surface area contributed by atoms with Crippen LogP contribution in [0.4, 0.5) is 5.82 Å². The van der Waals surface area contributed by atoms with Gasteiger partial charge >= 0.3 is 0 Å². The Morgan fingerprint density at radius 2 is 2.06 bits per heavy atom. The third-order valence-electron chi connectivity index (χ3n) is 3.18. The van der Waals surface area contributed by atoms with Gasteiger partial charge < -0.3 is 5.32 Å². The average molecular weight is 237 g/mol. The summed E-state index contributed by atoms with van der Waals surface area (Å²) >= 11 is 0. The Labute approximate surface area is 106 Å². The van der Waals surface area contributed by atoms with E-state index in [4.69, 9.17) is 0 Å². The van der Waals surface area contributed by atoms with Crippen molar-refractivity contribution in [1.82, 2.24) is 4.98 Å². The molecule has 0 spiro atoms. The third-order valence-corrected chi connectivity index (χ3v) is 3.18. The maximum Gasteiger partial charge on any atom is 0.126 e. The predicted octanol–water partition coefficient (Wildman–Crippen LogP) is 3.48. The van der Waals surface area contributed by atoms with Crippen molar-refractivity contribution >= 4 is 28.0 Å². The van der Waals surface area contributed by atoms with Gasteiger partial charge in [0.15, 0.2) is 0 Å². The van der Waals surface area contributed by atoms with Gasteiger partial charge in [-0.25, -0.2) is 4.98 Å². The van der Waals surface area contributed by atoms with Crippen LogP contribution >= 0.6 is 0 Å². The first kappa shape index (κ1) is 11.0. The maximum atomic E-state index is 4.55. The lowest BCUT2D eigenvalue weighted by Crippen LogP contribution is -1.91. The van der Waals surface area contributed by atoms with Crippen LogP contribution in [0.2, 0.25) is 0 Å². The minimum absolute atomic E-state index is 0.889. The molecule has 2 heterocycles. The standard InChI is InChI=1S/C15H15N3/c1-10-3-6-14(18-10)11-4-5-12-9-17-15(16-2)8-13(12)7-11/h4-9H,3H2,1-2H3,(H,16,17). The summed E-state index contributed by atoms with van der Waals surface area (Å²) in [5.41, 5.74) is 3.43. The lowest BCUT2D eigenvalue weighted by Gasteiger charge is -2.05. The van der Waals surface area contributed by atoms with Crippen molar-refractivity contribution in [3.8, 4) is 0 Å². The summed E-state index contributed by atoms with van der Waals surface area (Å²) in [7, 11) is 1.88. The van der Waals surface area contributed by atoms with Crippen LogP contribution < -0.4 is 5.32 Å².